The Kier molecular flexibility index (Phi) is 11.3. The first-order chi connectivity index (χ1) is 8.76. The van der Waals surface area contributed by atoms with Gasteiger partial charge in [0.25, 0.3) is 0 Å². The zero-order valence-corrected chi connectivity index (χ0v) is 16.2. The van der Waals surface area contributed by atoms with Crippen LogP contribution in [0.1, 0.15) is 20.8 Å². The van der Waals surface area contributed by atoms with E-state index in [9.17, 15) is 18.0 Å². The molecule has 0 saturated heterocycles. The minimum absolute atomic E-state index is 0. The Hall–Kier alpha value is -0.390. The largest absolute Gasteiger partial charge is 0.596 e. The summed E-state index contributed by atoms with van der Waals surface area (Å²) in [4.78, 5) is 9.58. The van der Waals surface area contributed by atoms with E-state index < -0.39 is 14.6 Å². The molecule has 112 valence electrons. The monoisotopic (exact) mass is 356 g/mol. The van der Waals surface area contributed by atoms with Crippen molar-refractivity contribution in [2.45, 2.75) is 45.2 Å². The first-order valence-electron chi connectivity index (χ1n) is 6.33. The van der Waals surface area contributed by atoms with E-state index in [1.807, 2.05) is 0 Å². The summed E-state index contributed by atoms with van der Waals surface area (Å²) in [6.45, 7) is 6.25. The molecule has 0 heterocycles. The van der Waals surface area contributed by atoms with Gasteiger partial charge < -0.3 is 10.1 Å². The van der Waals surface area contributed by atoms with Crippen LogP contribution in [0.2, 0.25) is 18.1 Å². The van der Waals surface area contributed by atoms with E-state index in [0.29, 0.717) is 0 Å². The van der Waals surface area contributed by atoms with Gasteiger partial charge in [-0.3, -0.25) is 0 Å². The Morgan fingerprint density at radius 3 is 1.65 bits per heavy atom. The quantitative estimate of drug-likeness (QED) is 0.583. The van der Waals surface area contributed by atoms with Crippen LogP contribution in [0.5, 0.6) is 0 Å². The van der Waals surface area contributed by atoms with Gasteiger partial charge in [0, 0.05) is 19.5 Å². The summed E-state index contributed by atoms with van der Waals surface area (Å²) in [5.74, 6) is 0. The number of hydrogen-bond acceptors (Lipinski definition) is 1. The number of halogens is 3. The predicted molar refractivity (Wildman–Crippen MR) is 74.9 cm³/mol. The fraction of sp³-hybridized carbons (Fsp3) is 0.538. The summed E-state index contributed by atoms with van der Waals surface area (Å²) in [5, 5.41) is 2.49. The number of para-hydroxylation sites is 1. The van der Waals surface area contributed by atoms with Crippen molar-refractivity contribution in [1.82, 2.24) is 0 Å². The van der Waals surface area contributed by atoms with E-state index >= 15 is 0 Å². The third kappa shape index (κ3) is 10.4. The summed E-state index contributed by atoms with van der Waals surface area (Å²) in [6.07, 6.45) is -4.47. The zero-order valence-electron chi connectivity index (χ0n) is 12.2. The maximum absolute atomic E-state index is 11.6. The van der Waals surface area contributed by atoms with Gasteiger partial charge in [0.05, 0.1) is 0 Å². The average molecular weight is 358 g/mol. The summed E-state index contributed by atoms with van der Waals surface area (Å²) >= 11 is 0. The normalized spacial score (nSPS) is 10.9. The van der Waals surface area contributed by atoms with E-state index in [2.05, 4.69) is 26.1 Å². The fourth-order valence-corrected chi connectivity index (χ4v) is 2.90. The standard InChI is InChI=1S/C7H5F3N.C6H16OSi.Zn/c8-7(9,10)11-6-4-2-1-3-5-6;1-4-8(7,5-2)6-3;/h1-5H;7H,4-6H2,1-3H3;/q-1;;. The van der Waals surface area contributed by atoms with Crippen LogP contribution < -0.4 is 0 Å². The number of benzene rings is 1. The van der Waals surface area contributed by atoms with Crippen molar-refractivity contribution >= 4 is 14.0 Å². The van der Waals surface area contributed by atoms with Crippen LogP contribution in [0.4, 0.5) is 18.9 Å². The number of nitrogens with zero attached hydrogens (tertiary/aromatic N) is 1. The van der Waals surface area contributed by atoms with E-state index in [0.717, 1.165) is 18.1 Å². The smallest absolute Gasteiger partial charge is 0.332 e. The minimum atomic E-state index is -4.47. The van der Waals surface area contributed by atoms with Gasteiger partial charge in [-0.15, -0.1) is 5.69 Å². The Labute approximate surface area is 132 Å². The van der Waals surface area contributed by atoms with Gasteiger partial charge in [-0.25, -0.2) is 0 Å². The molecule has 0 radical (unpaired) electrons. The van der Waals surface area contributed by atoms with Gasteiger partial charge in [-0.2, -0.15) is 13.2 Å². The van der Waals surface area contributed by atoms with Crippen molar-refractivity contribution in [2.24, 2.45) is 0 Å². The van der Waals surface area contributed by atoms with Gasteiger partial charge in [0.1, 0.15) is 0 Å². The molecule has 0 saturated carbocycles. The maximum Gasteiger partial charge on any atom is 0.332 e. The SMILES string of the molecule is CC[Si](O)(CC)CC.FC(F)(F)[N-]c1ccccc1.[Zn]. The number of hydrogen-bond donors (Lipinski definition) is 1. The molecule has 1 N–H and O–H groups in total. The molecule has 0 atom stereocenters. The van der Waals surface area contributed by atoms with E-state index in [4.69, 9.17) is 0 Å². The zero-order chi connectivity index (χ0) is 14.9. The molecular formula is C13H21F3NOSiZn-. The summed E-state index contributed by atoms with van der Waals surface area (Å²) < 4.78 is 34.7. The Morgan fingerprint density at radius 2 is 1.40 bits per heavy atom. The molecule has 7 heteroatoms. The maximum atomic E-state index is 11.6. The Balaban J connectivity index is 0. The van der Waals surface area contributed by atoms with Gasteiger partial charge >= 0.3 is 6.30 Å². The molecule has 0 bridgehead atoms. The second-order valence-corrected chi connectivity index (χ2v) is 8.77. The fourth-order valence-electron chi connectivity index (χ4n) is 1.40. The van der Waals surface area contributed by atoms with E-state index in [1.54, 1.807) is 6.07 Å². The molecule has 0 amide bonds. The van der Waals surface area contributed by atoms with Crippen molar-refractivity contribution < 1.29 is 37.4 Å². The van der Waals surface area contributed by atoms with Crippen LogP contribution in [-0.4, -0.2) is 19.4 Å². The molecule has 1 rings (SSSR count). The van der Waals surface area contributed by atoms with E-state index in [1.165, 1.54) is 24.3 Å². The van der Waals surface area contributed by atoms with Gasteiger partial charge in [0.2, 0.25) is 0 Å². The summed E-state index contributed by atoms with van der Waals surface area (Å²) in [5.41, 5.74) is -0.0694. The predicted octanol–water partition coefficient (Wildman–Crippen LogP) is 5.19. The molecule has 0 aromatic heterocycles. The minimum Gasteiger partial charge on any atom is -0.596 e. The first-order valence-corrected chi connectivity index (χ1v) is 8.90. The second kappa shape index (κ2) is 10.4. The molecule has 1 aromatic carbocycles. The van der Waals surface area contributed by atoms with Crippen LogP contribution in [-0.2, 0) is 19.5 Å². The van der Waals surface area contributed by atoms with Crippen LogP contribution in [0.15, 0.2) is 30.3 Å². The molecule has 0 aliphatic heterocycles. The number of rotatable bonds is 4. The average Bonchev–Trinajstić information content (AvgIpc) is 2.38. The Bertz CT molecular complexity index is 337. The van der Waals surface area contributed by atoms with Crippen LogP contribution in [0, 0.1) is 0 Å². The van der Waals surface area contributed by atoms with Crippen LogP contribution in [0.25, 0.3) is 5.32 Å². The molecule has 0 fully saturated rings. The summed E-state index contributed by atoms with van der Waals surface area (Å²) in [7, 11) is -1.67. The Morgan fingerprint density at radius 1 is 1.00 bits per heavy atom. The van der Waals surface area contributed by atoms with Crippen LogP contribution >= 0.6 is 0 Å². The molecule has 0 unspecified atom stereocenters. The molecule has 0 spiro atoms. The second-order valence-electron chi connectivity index (χ2n) is 4.20. The van der Waals surface area contributed by atoms with Crippen molar-refractivity contribution in [3.8, 4) is 0 Å². The van der Waals surface area contributed by atoms with Gasteiger partial charge in [0.15, 0.2) is 8.32 Å². The van der Waals surface area contributed by atoms with Crippen molar-refractivity contribution in [3.05, 3.63) is 35.6 Å². The molecule has 0 aliphatic carbocycles. The third-order valence-electron chi connectivity index (χ3n) is 2.99. The first kappa shape index (κ1) is 21.9. The molecular weight excluding hydrogens is 337 g/mol. The van der Waals surface area contributed by atoms with Gasteiger partial charge in [-0.05, 0) is 18.1 Å². The van der Waals surface area contributed by atoms with Crippen molar-refractivity contribution in [2.75, 3.05) is 0 Å². The van der Waals surface area contributed by atoms with Gasteiger partial charge in [-0.1, -0.05) is 51.1 Å². The van der Waals surface area contributed by atoms with Crippen LogP contribution in [0.3, 0.4) is 0 Å². The third-order valence-corrected chi connectivity index (χ3v) is 6.94. The number of alkyl halides is 3. The van der Waals surface area contributed by atoms with Crippen molar-refractivity contribution in [3.63, 3.8) is 0 Å². The topological polar surface area (TPSA) is 34.3 Å². The summed E-state index contributed by atoms with van der Waals surface area (Å²) in [6, 6.07) is 10.3. The molecule has 1 aromatic rings. The van der Waals surface area contributed by atoms with Crippen molar-refractivity contribution in [1.29, 1.82) is 0 Å². The molecule has 2 nitrogen and oxygen atoms in total. The van der Waals surface area contributed by atoms with E-state index in [-0.39, 0.29) is 25.2 Å². The molecule has 20 heavy (non-hydrogen) atoms. The molecule has 0 aliphatic rings.